The van der Waals surface area contributed by atoms with E-state index >= 15 is 0 Å². The smallest absolute Gasteiger partial charge is 0.322 e. The Labute approximate surface area is 215 Å². The minimum Gasteiger partial charge on any atom is -0.322 e. The Bertz CT molecular complexity index is 1360. The van der Waals surface area contributed by atoms with Gasteiger partial charge < -0.3 is 10.2 Å². The molecule has 200 valence electrons. The number of alkyl halides is 5. The minimum absolute atomic E-state index is 0.0338. The standard InChI is InChI=1S/C24H18F5N5O2.C2H6/c1-14-12-33-20(19(11-31-33)21(35)32-17-4-2-3-15(9-17)10-30)22(36)34(14)18-7-5-16(6-8-18)23(25,26)13-24(27,28)29;1-2/h2-9,11,14H,12-13H2,1H3,(H,32,35);1-2H3/t14-;/m0./s1. The molecule has 4 rings (SSSR count). The van der Waals surface area contributed by atoms with E-state index < -0.39 is 41.9 Å². The van der Waals surface area contributed by atoms with E-state index in [-0.39, 0.29) is 23.5 Å². The molecule has 0 saturated heterocycles. The maximum absolute atomic E-state index is 14.0. The lowest BCUT2D eigenvalue weighted by molar-refractivity contribution is -0.190. The van der Waals surface area contributed by atoms with E-state index in [2.05, 4.69) is 10.4 Å². The molecule has 7 nitrogen and oxygen atoms in total. The number of nitrogens with zero attached hydrogens (tertiary/aromatic N) is 4. The van der Waals surface area contributed by atoms with Gasteiger partial charge in [-0.3, -0.25) is 14.3 Å². The molecular formula is C26H24F5N5O2. The number of rotatable bonds is 5. The molecule has 0 bridgehead atoms. The number of amides is 2. The summed E-state index contributed by atoms with van der Waals surface area (Å²) in [6.45, 7) is 5.87. The monoisotopic (exact) mass is 533 g/mol. The number of carbonyl (C=O) groups excluding carboxylic acids is 2. The van der Waals surface area contributed by atoms with E-state index in [0.717, 1.165) is 24.3 Å². The van der Waals surface area contributed by atoms with Crippen LogP contribution in [0.15, 0.2) is 54.7 Å². The maximum Gasteiger partial charge on any atom is 0.395 e. The number of anilines is 2. The van der Waals surface area contributed by atoms with Crippen molar-refractivity contribution in [2.45, 2.75) is 51.9 Å². The fourth-order valence-electron chi connectivity index (χ4n) is 4.02. The number of hydrogen-bond acceptors (Lipinski definition) is 4. The number of nitrogens with one attached hydrogen (secondary N) is 1. The first-order valence-electron chi connectivity index (χ1n) is 11.7. The number of halogens is 5. The molecule has 0 saturated carbocycles. The molecule has 2 amide bonds. The van der Waals surface area contributed by atoms with E-state index in [1.807, 2.05) is 19.9 Å². The molecule has 0 aliphatic carbocycles. The quantitative estimate of drug-likeness (QED) is 0.400. The van der Waals surface area contributed by atoms with Crippen LogP contribution in [0.4, 0.5) is 33.3 Å². The van der Waals surface area contributed by atoms with Crippen LogP contribution < -0.4 is 10.2 Å². The summed E-state index contributed by atoms with van der Waals surface area (Å²) in [4.78, 5) is 27.5. The Hall–Kier alpha value is -4.27. The van der Waals surface area contributed by atoms with Gasteiger partial charge in [0.15, 0.2) is 0 Å². The molecule has 2 aromatic carbocycles. The second-order valence-corrected chi connectivity index (χ2v) is 8.30. The van der Waals surface area contributed by atoms with Gasteiger partial charge in [-0.2, -0.15) is 23.5 Å². The Balaban J connectivity index is 0.00000195. The maximum atomic E-state index is 14.0. The Morgan fingerprint density at radius 2 is 1.79 bits per heavy atom. The molecule has 1 aliphatic heterocycles. The highest BCUT2D eigenvalue weighted by molar-refractivity contribution is 6.15. The van der Waals surface area contributed by atoms with Crippen molar-refractivity contribution < 1.29 is 31.5 Å². The lowest BCUT2D eigenvalue weighted by atomic mass is 10.0. The van der Waals surface area contributed by atoms with E-state index in [9.17, 15) is 31.5 Å². The zero-order chi connectivity index (χ0) is 28.3. The van der Waals surface area contributed by atoms with Crippen LogP contribution in [0.5, 0.6) is 0 Å². The van der Waals surface area contributed by atoms with Gasteiger partial charge in [0.25, 0.3) is 17.7 Å². The van der Waals surface area contributed by atoms with Crippen LogP contribution in [-0.2, 0) is 12.5 Å². The first kappa shape index (κ1) is 28.3. The van der Waals surface area contributed by atoms with E-state index in [0.29, 0.717) is 11.3 Å². The van der Waals surface area contributed by atoms with E-state index in [1.165, 1.54) is 21.8 Å². The fourth-order valence-corrected chi connectivity index (χ4v) is 4.02. The van der Waals surface area contributed by atoms with Crippen LogP contribution >= 0.6 is 0 Å². The van der Waals surface area contributed by atoms with Gasteiger partial charge >= 0.3 is 6.18 Å². The summed E-state index contributed by atoms with van der Waals surface area (Å²) < 4.78 is 66.9. The van der Waals surface area contributed by atoms with Crippen molar-refractivity contribution in [2.75, 3.05) is 10.2 Å². The first-order valence-corrected chi connectivity index (χ1v) is 11.7. The fraction of sp³-hybridized carbons (Fsp3) is 0.308. The number of aromatic nitrogens is 2. The summed E-state index contributed by atoms with van der Waals surface area (Å²) in [6, 6.07) is 11.6. The normalized spacial score (nSPS) is 15.2. The third-order valence-electron chi connectivity index (χ3n) is 5.62. The van der Waals surface area contributed by atoms with Gasteiger partial charge in [0.1, 0.15) is 12.1 Å². The SMILES string of the molecule is CC.C[C@H]1Cn2ncc(C(=O)Nc3cccc(C#N)c3)c2C(=O)N1c1ccc(C(F)(F)CC(F)(F)F)cc1. The molecule has 1 aromatic heterocycles. The zero-order valence-corrected chi connectivity index (χ0v) is 20.7. The Kier molecular flexibility index (Phi) is 8.19. The summed E-state index contributed by atoms with van der Waals surface area (Å²) in [6.07, 6.45) is -6.12. The molecule has 1 aliphatic rings. The minimum atomic E-state index is -5.05. The van der Waals surface area contributed by atoms with Crippen molar-refractivity contribution in [2.24, 2.45) is 0 Å². The highest BCUT2D eigenvalue weighted by atomic mass is 19.4. The van der Waals surface area contributed by atoms with Crippen molar-refractivity contribution in [3.63, 3.8) is 0 Å². The number of nitriles is 1. The Morgan fingerprint density at radius 3 is 2.39 bits per heavy atom. The van der Waals surface area contributed by atoms with Gasteiger partial charge in [-0.25, -0.2) is 8.78 Å². The molecule has 1 atom stereocenters. The number of hydrogen-bond donors (Lipinski definition) is 1. The van der Waals surface area contributed by atoms with E-state index in [4.69, 9.17) is 5.26 Å². The second kappa shape index (κ2) is 11.0. The lowest BCUT2D eigenvalue weighted by Crippen LogP contribution is -2.47. The van der Waals surface area contributed by atoms with Gasteiger partial charge in [0, 0.05) is 16.9 Å². The molecule has 0 radical (unpaired) electrons. The van der Waals surface area contributed by atoms with Gasteiger partial charge in [-0.15, -0.1) is 0 Å². The molecule has 2 heterocycles. The van der Waals surface area contributed by atoms with Crippen molar-refractivity contribution >= 4 is 23.2 Å². The predicted octanol–water partition coefficient (Wildman–Crippen LogP) is 6.13. The zero-order valence-electron chi connectivity index (χ0n) is 20.7. The summed E-state index contributed by atoms with van der Waals surface area (Å²) in [5.41, 5.74) is -0.0564. The average Bonchev–Trinajstić information content (AvgIpc) is 3.28. The molecule has 0 fully saturated rings. The molecule has 12 heteroatoms. The predicted molar refractivity (Wildman–Crippen MR) is 130 cm³/mol. The third-order valence-corrected chi connectivity index (χ3v) is 5.62. The average molecular weight is 534 g/mol. The third kappa shape index (κ3) is 5.99. The summed E-state index contributed by atoms with van der Waals surface area (Å²) >= 11 is 0. The largest absolute Gasteiger partial charge is 0.395 e. The van der Waals surface area contributed by atoms with Gasteiger partial charge in [0.05, 0.1) is 36.0 Å². The van der Waals surface area contributed by atoms with Crippen molar-refractivity contribution in [3.05, 3.63) is 77.1 Å². The number of carbonyl (C=O) groups is 2. The highest BCUT2D eigenvalue weighted by Gasteiger charge is 2.45. The van der Waals surface area contributed by atoms with Crippen LogP contribution in [0, 0.1) is 11.3 Å². The Morgan fingerprint density at radius 1 is 1.13 bits per heavy atom. The molecule has 38 heavy (non-hydrogen) atoms. The first-order chi connectivity index (χ1) is 17.9. The highest BCUT2D eigenvalue weighted by Crippen LogP contribution is 2.40. The molecular weight excluding hydrogens is 509 g/mol. The van der Waals surface area contributed by atoms with Crippen LogP contribution in [0.1, 0.15) is 59.2 Å². The number of benzene rings is 2. The molecule has 0 unspecified atom stereocenters. The van der Waals surface area contributed by atoms with Gasteiger partial charge in [-0.1, -0.05) is 32.0 Å². The van der Waals surface area contributed by atoms with Gasteiger partial charge in [-0.05, 0) is 37.3 Å². The van der Waals surface area contributed by atoms with Gasteiger partial charge in [0.2, 0.25) is 0 Å². The molecule has 1 N–H and O–H groups in total. The molecule has 3 aromatic rings. The van der Waals surface area contributed by atoms with Crippen LogP contribution in [-0.4, -0.2) is 33.8 Å². The van der Waals surface area contributed by atoms with Crippen molar-refractivity contribution in [1.82, 2.24) is 9.78 Å². The lowest BCUT2D eigenvalue weighted by Gasteiger charge is -2.34. The van der Waals surface area contributed by atoms with Crippen molar-refractivity contribution in [1.29, 1.82) is 5.26 Å². The van der Waals surface area contributed by atoms with Crippen LogP contribution in [0.2, 0.25) is 0 Å². The van der Waals surface area contributed by atoms with Crippen LogP contribution in [0.3, 0.4) is 0 Å². The van der Waals surface area contributed by atoms with Crippen molar-refractivity contribution in [3.8, 4) is 6.07 Å². The summed E-state index contributed by atoms with van der Waals surface area (Å²) in [5.74, 6) is -5.39. The summed E-state index contributed by atoms with van der Waals surface area (Å²) in [5, 5.41) is 15.8. The molecule has 0 spiro atoms. The van der Waals surface area contributed by atoms with Crippen LogP contribution in [0.25, 0.3) is 0 Å². The number of fused-ring (bicyclic) bond motifs is 1. The van der Waals surface area contributed by atoms with E-state index in [1.54, 1.807) is 25.1 Å². The second-order valence-electron chi connectivity index (χ2n) is 8.30. The summed E-state index contributed by atoms with van der Waals surface area (Å²) in [7, 11) is 0. The topological polar surface area (TPSA) is 91.0 Å².